The molecule has 0 aliphatic heterocycles. The molecule has 7 heteroatoms. The summed E-state index contributed by atoms with van der Waals surface area (Å²) in [6.45, 7) is -0.202. The highest BCUT2D eigenvalue weighted by Crippen LogP contribution is 2.24. The lowest BCUT2D eigenvalue weighted by Gasteiger charge is -2.13. The van der Waals surface area contributed by atoms with Crippen LogP contribution in [0.3, 0.4) is 0 Å². The molecule has 0 saturated heterocycles. The molecule has 1 aromatic heterocycles. The van der Waals surface area contributed by atoms with E-state index in [-0.39, 0.29) is 6.54 Å². The maximum atomic E-state index is 10.4. The fourth-order valence-corrected chi connectivity index (χ4v) is 1.87. The molecule has 0 saturated carbocycles. The van der Waals surface area contributed by atoms with Crippen LogP contribution in [0.15, 0.2) is 17.2 Å². The average Bonchev–Trinajstić information content (AvgIpc) is 2.73. The molecule has 0 radical (unpaired) electrons. The van der Waals surface area contributed by atoms with Gasteiger partial charge in [-0.05, 0) is 17.7 Å². The second-order valence-corrected chi connectivity index (χ2v) is 3.93. The minimum atomic E-state index is -1.15. The van der Waals surface area contributed by atoms with Crippen molar-refractivity contribution in [3.05, 3.63) is 32.3 Å². The molecule has 2 atom stereocenters. The second kappa shape index (κ2) is 5.47. The molecule has 0 aliphatic carbocycles. The number of aliphatic hydroxyl groups is 2. The Balaban J connectivity index is 2.70. The Morgan fingerprint density at radius 1 is 1.60 bits per heavy atom. The molecular weight excluding hydrogens is 218 g/mol. The van der Waals surface area contributed by atoms with Gasteiger partial charge in [0, 0.05) is 9.79 Å². The number of hydrogen-bond donors (Lipinski definition) is 2. The van der Waals surface area contributed by atoms with Gasteiger partial charge in [0.15, 0.2) is 6.29 Å². The van der Waals surface area contributed by atoms with Gasteiger partial charge in [0.05, 0.1) is 17.5 Å². The third-order valence-corrected chi connectivity index (χ3v) is 2.83. The van der Waals surface area contributed by atoms with Crippen LogP contribution in [0.25, 0.3) is 10.4 Å². The van der Waals surface area contributed by atoms with Crippen LogP contribution in [-0.2, 0) is 0 Å². The van der Waals surface area contributed by atoms with E-state index in [2.05, 4.69) is 10.0 Å². The summed E-state index contributed by atoms with van der Waals surface area (Å²) in [5.74, 6) is 0. The predicted molar refractivity (Wildman–Crippen MR) is 54.7 cm³/mol. The van der Waals surface area contributed by atoms with E-state index in [0.717, 1.165) is 11.3 Å². The van der Waals surface area contributed by atoms with Crippen LogP contribution in [0, 0.1) is 0 Å². The van der Waals surface area contributed by atoms with E-state index in [1.54, 1.807) is 12.1 Å². The van der Waals surface area contributed by atoms with E-state index < -0.39 is 12.2 Å². The number of rotatable bonds is 5. The van der Waals surface area contributed by atoms with Crippen LogP contribution in [0.1, 0.15) is 20.7 Å². The molecule has 0 aliphatic rings. The van der Waals surface area contributed by atoms with Crippen LogP contribution in [0.5, 0.6) is 0 Å². The Morgan fingerprint density at radius 3 is 2.87 bits per heavy atom. The van der Waals surface area contributed by atoms with Crippen molar-refractivity contribution >= 4 is 17.6 Å². The van der Waals surface area contributed by atoms with E-state index in [1.165, 1.54) is 0 Å². The highest BCUT2D eigenvalue weighted by Gasteiger charge is 2.19. The Labute approximate surface area is 89.4 Å². The predicted octanol–water partition coefficient (Wildman–Crippen LogP) is 1.27. The lowest BCUT2D eigenvalue weighted by atomic mass is 10.2. The van der Waals surface area contributed by atoms with Crippen molar-refractivity contribution < 1.29 is 15.0 Å². The number of aliphatic hydroxyl groups excluding tert-OH is 2. The van der Waals surface area contributed by atoms with Crippen LogP contribution in [0.2, 0.25) is 0 Å². The Bertz CT molecular complexity index is 386. The minimum absolute atomic E-state index is 0.202. The number of nitrogens with zero attached hydrogens (tertiary/aromatic N) is 3. The van der Waals surface area contributed by atoms with Crippen molar-refractivity contribution in [2.24, 2.45) is 5.11 Å². The van der Waals surface area contributed by atoms with Crippen LogP contribution < -0.4 is 0 Å². The molecule has 15 heavy (non-hydrogen) atoms. The number of carbonyl (C=O) groups excluding carboxylic acids is 1. The first-order valence-electron chi connectivity index (χ1n) is 4.11. The number of carbonyl (C=O) groups is 1. The van der Waals surface area contributed by atoms with Crippen LogP contribution in [-0.4, -0.2) is 29.1 Å². The monoisotopic (exact) mass is 227 g/mol. The maximum absolute atomic E-state index is 10.4. The van der Waals surface area contributed by atoms with Gasteiger partial charge in [-0.1, -0.05) is 5.11 Å². The Morgan fingerprint density at radius 2 is 2.33 bits per heavy atom. The van der Waals surface area contributed by atoms with Gasteiger partial charge in [-0.15, -0.1) is 11.3 Å². The van der Waals surface area contributed by atoms with Crippen molar-refractivity contribution in [3.63, 3.8) is 0 Å². The largest absolute Gasteiger partial charge is 0.390 e. The van der Waals surface area contributed by atoms with Gasteiger partial charge < -0.3 is 10.2 Å². The van der Waals surface area contributed by atoms with Crippen LogP contribution in [0.4, 0.5) is 0 Å². The number of thiophene rings is 1. The van der Waals surface area contributed by atoms with Gasteiger partial charge in [0.2, 0.25) is 0 Å². The summed E-state index contributed by atoms with van der Waals surface area (Å²) in [6, 6.07) is 3.11. The first kappa shape index (κ1) is 11.7. The van der Waals surface area contributed by atoms with Gasteiger partial charge in [0.1, 0.15) is 6.10 Å². The molecule has 0 amide bonds. The first-order valence-corrected chi connectivity index (χ1v) is 4.92. The van der Waals surface area contributed by atoms with Gasteiger partial charge in [-0.25, -0.2) is 0 Å². The lowest BCUT2D eigenvalue weighted by molar-refractivity contribution is 0.0266. The molecular formula is C8H9N3O3S. The molecule has 0 aromatic carbocycles. The van der Waals surface area contributed by atoms with Crippen LogP contribution >= 0.6 is 11.3 Å². The molecule has 2 N–H and O–H groups in total. The maximum Gasteiger partial charge on any atom is 0.160 e. The van der Waals surface area contributed by atoms with E-state index in [1.807, 2.05) is 0 Å². The summed E-state index contributed by atoms with van der Waals surface area (Å²) in [5.41, 5.74) is 8.03. The average molecular weight is 227 g/mol. The molecule has 0 bridgehead atoms. The van der Waals surface area contributed by atoms with E-state index >= 15 is 0 Å². The molecule has 1 rings (SSSR count). The van der Waals surface area contributed by atoms with E-state index in [0.29, 0.717) is 16.0 Å². The highest BCUT2D eigenvalue weighted by atomic mass is 32.1. The zero-order valence-corrected chi connectivity index (χ0v) is 8.46. The highest BCUT2D eigenvalue weighted by molar-refractivity contribution is 7.13. The summed E-state index contributed by atoms with van der Waals surface area (Å²) in [5, 5.41) is 22.1. The summed E-state index contributed by atoms with van der Waals surface area (Å²) in [4.78, 5) is 13.8. The first-order chi connectivity index (χ1) is 7.19. The van der Waals surface area contributed by atoms with E-state index in [9.17, 15) is 15.0 Å². The SMILES string of the molecule is [N-]=[N+]=NCC(O)C(O)c1ccc(C=O)s1. The zero-order chi connectivity index (χ0) is 11.3. The van der Waals surface area contributed by atoms with Crippen molar-refractivity contribution in [2.45, 2.75) is 12.2 Å². The summed E-state index contributed by atoms with van der Waals surface area (Å²) in [7, 11) is 0. The normalized spacial score (nSPS) is 14.0. The zero-order valence-electron chi connectivity index (χ0n) is 7.65. The molecule has 0 spiro atoms. The van der Waals surface area contributed by atoms with Gasteiger partial charge >= 0.3 is 0 Å². The van der Waals surface area contributed by atoms with E-state index in [4.69, 9.17) is 5.53 Å². The van der Waals surface area contributed by atoms with Crippen molar-refractivity contribution in [3.8, 4) is 0 Å². The summed E-state index contributed by atoms with van der Waals surface area (Å²) >= 11 is 1.09. The van der Waals surface area contributed by atoms with Gasteiger partial charge in [-0.2, -0.15) is 0 Å². The van der Waals surface area contributed by atoms with Crippen molar-refractivity contribution in [1.82, 2.24) is 0 Å². The number of azide groups is 1. The lowest BCUT2D eigenvalue weighted by Crippen LogP contribution is -2.20. The Hall–Kier alpha value is -1.40. The summed E-state index contributed by atoms with van der Waals surface area (Å²) in [6.07, 6.45) is -1.62. The quantitative estimate of drug-likeness (QED) is 0.342. The van der Waals surface area contributed by atoms with Gasteiger partial charge in [0.25, 0.3) is 0 Å². The second-order valence-electron chi connectivity index (χ2n) is 2.78. The third kappa shape index (κ3) is 3.03. The van der Waals surface area contributed by atoms with Crippen molar-refractivity contribution in [1.29, 1.82) is 0 Å². The smallest absolute Gasteiger partial charge is 0.160 e. The van der Waals surface area contributed by atoms with Crippen molar-refractivity contribution in [2.75, 3.05) is 6.54 Å². The summed E-state index contributed by atoms with van der Waals surface area (Å²) < 4.78 is 0. The molecule has 1 aromatic rings. The standard InChI is InChI=1S/C8H9N3O3S/c9-11-10-3-6(13)8(14)7-2-1-5(4-12)15-7/h1-2,4,6,8,13-14H,3H2. The molecule has 80 valence electrons. The number of aldehydes is 1. The molecule has 6 nitrogen and oxygen atoms in total. The fourth-order valence-electron chi connectivity index (χ4n) is 1.00. The molecule has 1 heterocycles. The Kier molecular flexibility index (Phi) is 4.26. The topological polar surface area (TPSA) is 106 Å². The third-order valence-electron chi connectivity index (χ3n) is 1.75. The molecule has 2 unspecified atom stereocenters. The fraction of sp³-hybridized carbons (Fsp3) is 0.375. The molecule has 0 fully saturated rings. The number of hydrogen-bond acceptors (Lipinski definition) is 5. The van der Waals surface area contributed by atoms with Gasteiger partial charge in [-0.3, -0.25) is 4.79 Å². The minimum Gasteiger partial charge on any atom is -0.390 e.